The summed E-state index contributed by atoms with van der Waals surface area (Å²) >= 11 is 6.98. The van der Waals surface area contributed by atoms with Crippen molar-refractivity contribution >= 4 is 34.0 Å². The van der Waals surface area contributed by atoms with Crippen molar-refractivity contribution in [1.29, 1.82) is 0 Å². The highest BCUT2D eigenvalue weighted by molar-refractivity contribution is 7.18. The van der Waals surface area contributed by atoms with Gasteiger partial charge in [-0.05, 0) is 19.3 Å². The zero-order chi connectivity index (χ0) is 12.7. The van der Waals surface area contributed by atoms with Crippen LogP contribution in [0.1, 0.15) is 28.9 Å². The molecule has 1 aromatic rings. The number of anilines is 1. The minimum Gasteiger partial charge on any atom is -0.465 e. The lowest BCUT2D eigenvalue weighted by molar-refractivity contribution is 0.0606. The van der Waals surface area contributed by atoms with Crippen molar-refractivity contribution in [1.82, 2.24) is 4.98 Å². The number of esters is 1. The SMILES string of the molecule is COC(=O)c1sc(NCCCCCO)nc1Cl. The predicted molar refractivity (Wildman–Crippen MR) is 67.9 cm³/mol. The molecule has 1 rings (SSSR count). The van der Waals surface area contributed by atoms with Crippen LogP contribution in [0, 0.1) is 0 Å². The van der Waals surface area contributed by atoms with Crippen molar-refractivity contribution in [3.8, 4) is 0 Å². The number of unbranched alkanes of at least 4 members (excludes halogenated alkanes) is 2. The number of halogens is 1. The van der Waals surface area contributed by atoms with E-state index in [1.165, 1.54) is 18.4 Å². The van der Waals surface area contributed by atoms with E-state index in [1.807, 2.05) is 0 Å². The first-order valence-electron chi connectivity index (χ1n) is 5.28. The second-order valence-electron chi connectivity index (χ2n) is 3.34. The number of ether oxygens (including phenoxy) is 1. The molecule has 0 aromatic carbocycles. The van der Waals surface area contributed by atoms with E-state index in [9.17, 15) is 4.79 Å². The summed E-state index contributed by atoms with van der Waals surface area (Å²) in [7, 11) is 1.31. The molecule has 2 N–H and O–H groups in total. The molecular weight excluding hydrogens is 264 g/mol. The number of nitrogens with zero attached hydrogens (tertiary/aromatic N) is 1. The standard InChI is InChI=1S/C10H15ClN2O3S/c1-16-9(15)7-8(11)13-10(17-7)12-5-3-2-4-6-14/h14H,2-6H2,1H3,(H,12,13). The number of aliphatic hydroxyl groups is 1. The summed E-state index contributed by atoms with van der Waals surface area (Å²) in [5.74, 6) is -0.471. The van der Waals surface area contributed by atoms with Gasteiger partial charge in [0, 0.05) is 13.2 Å². The number of nitrogens with one attached hydrogen (secondary N) is 1. The molecule has 0 saturated heterocycles. The van der Waals surface area contributed by atoms with Gasteiger partial charge in [0.1, 0.15) is 0 Å². The molecule has 0 aliphatic rings. The molecule has 0 atom stereocenters. The van der Waals surface area contributed by atoms with Crippen LogP contribution >= 0.6 is 22.9 Å². The molecule has 1 aromatic heterocycles. The fraction of sp³-hybridized carbons (Fsp3) is 0.600. The fourth-order valence-corrected chi connectivity index (χ4v) is 2.33. The fourth-order valence-electron chi connectivity index (χ4n) is 1.20. The summed E-state index contributed by atoms with van der Waals surface area (Å²) in [5, 5.41) is 12.5. The Morgan fingerprint density at radius 1 is 1.53 bits per heavy atom. The van der Waals surface area contributed by atoms with E-state index < -0.39 is 5.97 Å². The minimum absolute atomic E-state index is 0.166. The van der Waals surface area contributed by atoms with Crippen molar-refractivity contribution in [2.75, 3.05) is 25.6 Å². The second-order valence-corrected chi connectivity index (χ2v) is 4.70. The molecule has 0 unspecified atom stereocenters. The number of rotatable bonds is 7. The van der Waals surface area contributed by atoms with Gasteiger partial charge in [0.15, 0.2) is 15.2 Å². The Kier molecular flexibility index (Phi) is 6.25. The number of aliphatic hydroxyl groups excluding tert-OH is 1. The van der Waals surface area contributed by atoms with E-state index in [-0.39, 0.29) is 11.8 Å². The van der Waals surface area contributed by atoms with Crippen molar-refractivity contribution < 1.29 is 14.6 Å². The molecule has 17 heavy (non-hydrogen) atoms. The van der Waals surface area contributed by atoms with Crippen molar-refractivity contribution in [3.63, 3.8) is 0 Å². The lowest BCUT2D eigenvalue weighted by Gasteiger charge is -2.00. The number of hydrogen-bond donors (Lipinski definition) is 2. The molecular formula is C10H15ClN2O3S. The molecule has 0 radical (unpaired) electrons. The average Bonchev–Trinajstić information content (AvgIpc) is 2.69. The summed E-state index contributed by atoms with van der Waals surface area (Å²) in [5.41, 5.74) is 0. The van der Waals surface area contributed by atoms with Gasteiger partial charge >= 0.3 is 5.97 Å². The largest absolute Gasteiger partial charge is 0.465 e. The second kappa shape index (κ2) is 7.47. The highest BCUT2D eigenvalue weighted by Gasteiger charge is 2.16. The first-order valence-corrected chi connectivity index (χ1v) is 6.48. The lowest BCUT2D eigenvalue weighted by Crippen LogP contribution is -2.01. The average molecular weight is 279 g/mol. The maximum atomic E-state index is 11.3. The third-order valence-electron chi connectivity index (χ3n) is 2.07. The number of thiazole rings is 1. The van der Waals surface area contributed by atoms with Gasteiger partial charge in [-0.3, -0.25) is 0 Å². The van der Waals surface area contributed by atoms with E-state index in [1.54, 1.807) is 0 Å². The summed E-state index contributed by atoms with van der Waals surface area (Å²) < 4.78 is 4.58. The van der Waals surface area contributed by atoms with Gasteiger partial charge in [0.25, 0.3) is 0 Å². The first kappa shape index (κ1) is 14.2. The monoisotopic (exact) mass is 278 g/mol. The van der Waals surface area contributed by atoms with Crippen molar-refractivity contribution in [3.05, 3.63) is 10.0 Å². The minimum atomic E-state index is -0.471. The summed E-state index contributed by atoms with van der Waals surface area (Å²) in [6.07, 6.45) is 2.69. The summed E-state index contributed by atoms with van der Waals surface area (Å²) in [4.78, 5) is 15.6. The Labute approximate surface area is 109 Å². The van der Waals surface area contributed by atoms with Crippen LogP contribution < -0.4 is 5.32 Å². The highest BCUT2D eigenvalue weighted by atomic mass is 35.5. The number of carbonyl (C=O) groups is 1. The normalized spacial score (nSPS) is 10.3. The molecule has 1 heterocycles. The third kappa shape index (κ3) is 4.49. The van der Waals surface area contributed by atoms with Crippen LogP contribution in [-0.2, 0) is 4.74 Å². The van der Waals surface area contributed by atoms with Crippen LogP contribution in [0.5, 0.6) is 0 Å². The van der Waals surface area contributed by atoms with E-state index >= 15 is 0 Å². The van der Waals surface area contributed by atoms with Crippen LogP contribution in [0.15, 0.2) is 0 Å². The van der Waals surface area contributed by atoms with Crippen LogP contribution in [0.25, 0.3) is 0 Å². The van der Waals surface area contributed by atoms with Crippen LogP contribution in [0.4, 0.5) is 5.13 Å². The third-order valence-corrected chi connectivity index (χ3v) is 3.45. The maximum absolute atomic E-state index is 11.3. The number of carbonyl (C=O) groups excluding carboxylic acids is 1. The quantitative estimate of drug-likeness (QED) is 0.591. The lowest BCUT2D eigenvalue weighted by atomic mass is 10.2. The molecule has 0 spiro atoms. The van der Waals surface area contributed by atoms with E-state index in [4.69, 9.17) is 16.7 Å². The van der Waals surface area contributed by atoms with Gasteiger partial charge < -0.3 is 15.2 Å². The number of hydrogen-bond acceptors (Lipinski definition) is 6. The van der Waals surface area contributed by atoms with Gasteiger partial charge in [-0.1, -0.05) is 22.9 Å². The molecule has 0 saturated carbocycles. The van der Waals surface area contributed by atoms with Gasteiger partial charge in [-0.2, -0.15) is 0 Å². The molecule has 0 fully saturated rings. The van der Waals surface area contributed by atoms with Gasteiger partial charge in [-0.15, -0.1) is 0 Å². The van der Waals surface area contributed by atoms with E-state index in [2.05, 4.69) is 15.0 Å². The molecule has 0 amide bonds. The Hall–Kier alpha value is -0.850. The Morgan fingerprint density at radius 3 is 2.94 bits per heavy atom. The summed E-state index contributed by atoms with van der Waals surface area (Å²) in [6, 6.07) is 0. The van der Waals surface area contributed by atoms with E-state index in [0.29, 0.717) is 10.0 Å². The molecule has 7 heteroatoms. The Balaban J connectivity index is 2.42. The topological polar surface area (TPSA) is 71.5 Å². The molecule has 96 valence electrons. The molecule has 0 aliphatic heterocycles. The van der Waals surface area contributed by atoms with Gasteiger partial charge in [-0.25, -0.2) is 9.78 Å². The van der Waals surface area contributed by atoms with E-state index in [0.717, 1.165) is 25.8 Å². The Morgan fingerprint density at radius 2 is 2.29 bits per heavy atom. The number of methoxy groups -OCH3 is 1. The van der Waals surface area contributed by atoms with Crippen molar-refractivity contribution in [2.45, 2.75) is 19.3 Å². The number of aromatic nitrogens is 1. The van der Waals surface area contributed by atoms with Crippen molar-refractivity contribution in [2.24, 2.45) is 0 Å². The van der Waals surface area contributed by atoms with Gasteiger partial charge in [0.05, 0.1) is 7.11 Å². The molecule has 5 nitrogen and oxygen atoms in total. The summed E-state index contributed by atoms with van der Waals surface area (Å²) in [6.45, 7) is 0.958. The van der Waals surface area contributed by atoms with Crippen LogP contribution in [-0.4, -0.2) is 36.3 Å². The first-order chi connectivity index (χ1) is 8.19. The zero-order valence-electron chi connectivity index (χ0n) is 9.53. The van der Waals surface area contributed by atoms with Gasteiger partial charge in [0.2, 0.25) is 0 Å². The predicted octanol–water partition coefficient (Wildman–Crippen LogP) is 2.16. The zero-order valence-corrected chi connectivity index (χ0v) is 11.1. The maximum Gasteiger partial charge on any atom is 0.351 e. The smallest absolute Gasteiger partial charge is 0.351 e. The van der Waals surface area contributed by atoms with Crippen LogP contribution in [0.3, 0.4) is 0 Å². The van der Waals surface area contributed by atoms with Crippen LogP contribution in [0.2, 0.25) is 5.15 Å². The molecule has 0 bridgehead atoms. The molecule has 0 aliphatic carbocycles. The Bertz CT molecular complexity index is 370. The highest BCUT2D eigenvalue weighted by Crippen LogP contribution is 2.27.